The zero-order valence-corrected chi connectivity index (χ0v) is 17.6. The molecule has 1 aromatic heterocycles. The molecule has 0 fully saturated rings. The minimum Gasteiger partial charge on any atom is -0.488 e. The van der Waals surface area contributed by atoms with Crippen LogP contribution in [-0.4, -0.2) is 50.2 Å². The minimum atomic E-state index is -0.531. The lowest BCUT2D eigenvalue weighted by Gasteiger charge is -2.26. The Bertz CT molecular complexity index is 584. The van der Waals surface area contributed by atoms with Crippen molar-refractivity contribution < 1.29 is 23.7 Å². The van der Waals surface area contributed by atoms with E-state index in [1.54, 1.807) is 20.4 Å². The first-order valence-electron chi connectivity index (χ1n) is 9.30. The summed E-state index contributed by atoms with van der Waals surface area (Å²) in [7, 11) is 3.22. The number of nitrogens with zero attached hydrogens (tertiary/aromatic N) is 1. The van der Waals surface area contributed by atoms with Crippen molar-refractivity contribution >= 4 is 6.09 Å². The molecule has 0 aromatic carbocycles. The van der Waals surface area contributed by atoms with Crippen molar-refractivity contribution in [1.29, 1.82) is 0 Å². The molecule has 1 amide bonds. The summed E-state index contributed by atoms with van der Waals surface area (Å²) >= 11 is 0. The smallest absolute Gasteiger partial charge is 0.407 e. The van der Waals surface area contributed by atoms with Crippen molar-refractivity contribution in [3.63, 3.8) is 0 Å². The monoisotopic (exact) mass is 382 g/mol. The number of amides is 1. The van der Waals surface area contributed by atoms with Crippen LogP contribution in [0.3, 0.4) is 0 Å². The lowest BCUT2D eigenvalue weighted by molar-refractivity contribution is 0.0490. The Morgan fingerprint density at radius 1 is 1.22 bits per heavy atom. The summed E-state index contributed by atoms with van der Waals surface area (Å²) in [5.41, 5.74) is 0.420. The van der Waals surface area contributed by atoms with Gasteiger partial charge in [0.1, 0.15) is 5.60 Å². The number of carbonyl (C=O) groups is 1. The van der Waals surface area contributed by atoms with Crippen molar-refractivity contribution in [3.05, 3.63) is 17.8 Å². The van der Waals surface area contributed by atoms with Crippen molar-refractivity contribution in [2.75, 3.05) is 27.4 Å². The summed E-state index contributed by atoms with van der Waals surface area (Å²) in [6.07, 6.45) is 2.72. The Kier molecular flexibility index (Phi) is 9.35. The molecule has 1 atom stereocenters. The molecule has 0 saturated heterocycles. The second-order valence-corrected chi connectivity index (χ2v) is 7.75. The number of aromatic nitrogens is 1. The Balaban J connectivity index is 2.81. The van der Waals surface area contributed by atoms with Gasteiger partial charge in [-0.3, -0.25) is 0 Å². The number of hydrogen-bond donors (Lipinski definition) is 1. The van der Waals surface area contributed by atoms with Gasteiger partial charge in [0.2, 0.25) is 0 Å². The van der Waals surface area contributed by atoms with E-state index in [1.165, 1.54) is 0 Å². The van der Waals surface area contributed by atoms with Crippen molar-refractivity contribution in [1.82, 2.24) is 10.3 Å². The zero-order valence-electron chi connectivity index (χ0n) is 17.6. The first-order chi connectivity index (χ1) is 12.7. The molecule has 0 aliphatic rings. The van der Waals surface area contributed by atoms with Crippen LogP contribution in [0.1, 0.15) is 46.6 Å². The summed E-state index contributed by atoms with van der Waals surface area (Å²) in [6, 6.07) is 1.82. The van der Waals surface area contributed by atoms with Crippen LogP contribution in [0.5, 0.6) is 11.6 Å². The fourth-order valence-electron chi connectivity index (χ4n) is 2.39. The molecule has 154 valence electrons. The highest BCUT2D eigenvalue weighted by atomic mass is 16.6. The number of hydrogen-bond acceptors (Lipinski definition) is 6. The minimum absolute atomic E-state index is 0.0867. The molecular formula is C20H34N2O5. The van der Waals surface area contributed by atoms with E-state index < -0.39 is 11.7 Å². The van der Waals surface area contributed by atoms with Gasteiger partial charge in [-0.25, -0.2) is 9.78 Å². The molecule has 7 nitrogen and oxygen atoms in total. The van der Waals surface area contributed by atoms with Gasteiger partial charge >= 0.3 is 6.09 Å². The topological polar surface area (TPSA) is 78.9 Å². The highest BCUT2D eigenvalue weighted by Gasteiger charge is 2.22. The Morgan fingerprint density at radius 3 is 2.48 bits per heavy atom. The van der Waals surface area contributed by atoms with Crippen LogP contribution < -0.4 is 14.8 Å². The van der Waals surface area contributed by atoms with E-state index in [1.807, 2.05) is 26.8 Å². The lowest BCUT2D eigenvalue weighted by Crippen LogP contribution is -2.43. The number of methoxy groups -OCH3 is 2. The maximum Gasteiger partial charge on any atom is 0.407 e. The Morgan fingerprint density at radius 2 is 1.93 bits per heavy atom. The van der Waals surface area contributed by atoms with Gasteiger partial charge in [0.15, 0.2) is 5.75 Å². The predicted octanol–water partition coefficient (Wildman–Crippen LogP) is 3.60. The number of alkyl carbamates (subject to hydrolysis) is 1. The van der Waals surface area contributed by atoms with E-state index in [9.17, 15) is 4.79 Å². The standard InChI is InChI=1S/C20H34N2O5/c1-14(2)16(22-19(23)27-20(3,4)5)11-15-12-17(18(25-7)21-13-15)26-10-8-9-24-6/h12-14,16H,8-11H2,1-7H3,(H,22,23)/t16-/m0/s1. The van der Waals surface area contributed by atoms with Gasteiger partial charge in [0.25, 0.3) is 5.88 Å². The van der Waals surface area contributed by atoms with Crippen LogP contribution in [-0.2, 0) is 15.9 Å². The molecule has 0 saturated carbocycles. The zero-order chi connectivity index (χ0) is 20.4. The summed E-state index contributed by atoms with van der Waals surface area (Å²) in [5.74, 6) is 1.26. The average Bonchev–Trinajstić information content (AvgIpc) is 2.56. The molecule has 7 heteroatoms. The summed E-state index contributed by atoms with van der Waals surface area (Å²) in [4.78, 5) is 16.5. The third-order valence-electron chi connectivity index (χ3n) is 3.78. The van der Waals surface area contributed by atoms with Gasteiger partial charge in [-0.1, -0.05) is 13.8 Å². The first kappa shape index (κ1) is 23.0. The Hall–Kier alpha value is -2.02. The van der Waals surface area contributed by atoms with Gasteiger partial charge in [-0.2, -0.15) is 0 Å². The van der Waals surface area contributed by atoms with Gasteiger partial charge < -0.3 is 24.3 Å². The van der Waals surface area contributed by atoms with Crippen LogP contribution in [0.4, 0.5) is 4.79 Å². The normalized spacial score (nSPS) is 12.6. The number of rotatable bonds is 10. The molecule has 1 N–H and O–H groups in total. The van der Waals surface area contributed by atoms with E-state index in [0.717, 1.165) is 12.0 Å². The summed E-state index contributed by atoms with van der Waals surface area (Å²) < 4.78 is 21.5. The van der Waals surface area contributed by atoms with Gasteiger partial charge in [-0.15, -0.1) is 0 Å². The van der Waals surface area contributed by atoms with E-state index in [-0.39, 0.29) is 12.0 Å². The molecule has 1 aromatic rings. The van der Waals surface area contributed by atoms with Crippen LogP contribution >= 0.6 is 0 Å². The third kappa shape index (κ3) is 8.95. The highest BCUT2D eigenvalue weighted by Crippen LogP contribution is 2.26. The maximum absolute atomic E-state index is 12.1. The van der Waals surface area contributed by atoms with Crippen molar-refractivity contribution in [2.24, 2.45) is 5.92 Å². The Labute approximate surface area is 162 Å². The van der Waals surface area contributed by atoms with Crippen molar-refractivity contribution in [2.45, 2.75) is 59.1 Å². The van der Waals surface area contributed by atoms with Crippen LogP contribution in [0.2, 0.25) is 0 Å². The second-order valence-electron chi connectivity index (χ2n) is 7.75. The van der Waals surface area contributed by atoms with Crippen molar-refractivity contribution in [3.8, 4) is 11.6 Å². The van der Waals surface area contributed by atoms with E-state index in [0.29, 0.717) is 31.3 Å². The summed E-state index contributed by atoms with van der Waals surface area (Å²) in [6.45, 7) is 10.8. The van der Waals surface area contributed by atoms with Crippen LogP contribution in [0.25, 0.3) is 0 Å². The lowest BCUT2D eigenvalue weighted by atomic mass is 9.97. The average molecular weight is 383 g/mol. The molecule has 1 heterocycles. The van der Waals surface area contributed by atoms with Crippen LogP contribution in [0.15, 0.2) is 12.3 Å². The number of ether oxygens (including phenoxy) is 4. The summed E-state index contributed by atoms with van der Waals surface area (Å²) in [5, 5.41) is 2.95. The number of pyridine rings is 1. The highest BCUT2D eigenvalue weighted by molar-refractivity contribution is 5.68. The largest absolute Gasteiger partial charge is 0.488 e. The molecule has 0 unspecified atom stereocenters. The molecule has 0 radical (unpaired) electrons. The molecular weight excluding hydrogens is 348 g/mol. The quantitative estimate of drug-likeness (QED) is 0.623. The molecule has 1 rings (SSSR count). The van der Waals surface area contributed by atoms with Gasteiger partial charge in [0, 0.05) is 32.4 Å². The molecule has 27 heavy (non-hydrogen) atoms. The van der Waals surface area contributed by atoms with Crippen LogP contribution in [0, 0.1) is 5.92 Å². The first-order valence-corrected chi connectivity index (χ1v) is 9.30. The fourth-order valence-corrected chi connectivity index (χ4v) is 2.39. The van der Waals surface area contributed by atoms with E-state index in [2.05, 4.69) is 24.1 Å². The van der Waals surface area contributed by atoms with Gasteiger partial charge in [-0.05, 0) is 44.7 Å². The maximum atomic E-state index is 12.1. The second kappa shape index (κ2) is 11.0. The molecule has 0 bridgehead atoms. The van der Waals surface area contributed by atoms with E-state index >= 15 is 0 Å². The molecule has 0 aliphatic heterocycles. The number of carbonyl (C=O) groups excluding carboxylic acids is 1. The molecule has 0 spiro atoms. The fraction of sp³-hybridized carbons (Fsp3) is 0.700. The SMILES string of the molecule is COCCCOc1cc(C[C@H](NC(=O)OC(C)(C)C)C(C)C)cnc1OC. The molecule has 0 aliphatic carbocycles. The van der Waals surface area contributed by atoms with Gasteiger partial charge in [0.05, 0.1) is 13.7 Å². The number of nitrogens with one attached hydrogen (secondary N) is 1. The van der Waals surface area contributed by atoms with E-state index in [4.69, 9.17) is 18.9 Å². The predicted molar refractivity (Wildman–Crippen MR) is 104 cm³/mol. The third-order valence-corrected chi connectivity index (χ3v) is 3.78.